The average Bonchev–Trinajstić information content (AvgIpc) is 2.84. The van der Waals surface area contributed by atoms with Crippen LogP contribution < -0.4 is 5.32 Å². The number of methoxy groups -OCH3 is 1. The maximum absolute atomic E-state index is 12.1. The highest BCUT2D eigenvalue weighted by Gasteiger charge is 2.44. The molecule has 0 atom stereocenters. The van der Waals surface area contributed by atoms with Gasteiger partial charge in [0.25, 0.3) is 0 Å². The first-order valence-electron chi connectivity index (χ1n) is 6.68. The molecule has 1 N–H and O–H groups in total. The zero-order valence-corrected chi connectivity index (χ0v) is 11.3. The molecule has 104 valence electrons. The van der Waals surface area contributed by atoms with Crippen LogP contribution >= 0.6 is 0 Å². The van der Waals surface area contributed by atoms with Gasteiger partial charge in [-0.1, -0.05) is 32.6 Å². The monoisotopic (exact) mass is 257 g/mol. The van der Waals surface area contributed by atoms with Crippen molar-refractivity contribution in [1.29, 1.82) is 0 Å². The topological polar surface area (TPSA) is 64.6 Å². The molecule has 0 aliphatic heterocycles. The number of nitrogens with one attached hydrogen (secondary N) is 1. The van der Waals surface area contributed by atoms with Crippen molar-refractivity contribution >= 4 is 12.1 Å². The lowest BCUT2D eigenvalue weighted by Crippen LogP contribution is -2.53. The summed E-state index contributed by atoms with van der Waals surface area (Å²) in [6.07, 6.45) is 5.55. The molecular formula is C13H23NO4. The zero-order valence-electron chi connectivity index (χ0n) is 11.3. The smallest absolute Gasteiger partial charge is 0.407 e. The van der Waals surface area contributed by atoms with Crippen LogP contribution in [0.4, 0.5) is 4.79 Å². The van der Waals surface area contributed by atoms with Crippen LogP contribution in [-0.4, -0.2) is 31.3 Å². The van der Waals surface area contributed by atoms with E-state index < -0.39 is 11.6 Å². The molecule has 0 saturated heterocycles. The summed E-state index contributed by atoms with van der Waals surface area (Å²) < 4.78 is 9.84. The van der Waals surface area contributed by atoms with Crippen molar-refractivity contribution in [3.05, 3.63) is 0 Å². The molecule has 18 heavy (non-hydrogen) atoms. The fourth-order valence-corrected chi connectivity index (χ4v) is 2.26. The molecule has 1 amide bonds. The minimum atomic E-state index is -0.862. The minimum Gasteiger partial charge on any atom is -0.464 e. The number of ether oxygens (including phenoxy) is 2. The lowest BCUT2D eigenvalue weighted by atomic mass is 9.98. The Bertz CT molecular complexity index is 285. The van der Waals surface area contributed by atoms with Crippen LogP contribution in [-0.2, 0) is 14.3 Å². The van der Waals surface area contributed by atoms with E-state index in [0.29, 0.717) is 19.4 Å². The molecule has 5 heteroatoms. The van der Waals surface area contributed by atoms with E-state index in [2.05, 4.69) is 17.0 Å². The first kappa shape index (κ1) is 14.8. The van der Waals surface area contributed by atoms with Crippen LogP contribution in [0.15, 0.2) is 0 Å². The summed E-state index contributed by atoms with van der Waals surface area (Å²) >= 11 is 0. The Hall–Kier alpha value is -1.26. The van der Waals surface area contributed by atoms with Crippen molar-refractivity contribution in [2.75, 3.05) is 13.7 Å². The molecule has 1 saturated carbocycles. The standard InChI is InChI=1S/C13H23NO4/c1-3-4-7-10-18-11(15)13(8-5-6-9-13)14-12(16)17-2/h3-10H2,1-2H3,(H,14,16). The second kappa shape index (κ2) is 7.24. The third kappa shape index (κ3) is 3.89. The molecule has 0 unspecified atom stereocenters. The van der Waals surface area contributed by atoms with E-state index in [1.54, 1.807) is 0 Å². The molecule has 1 aliphatic rings. The summed E-state index contributed by atoms with van der Waals surface area (Å²) in [5.41, 5.74) is -0.862. The molecule has 0 heterocycles. The van der Waals surface area contributed by atoms with E-state index in [1.165, 1.54) is 7.11 Å². The molecule has 0 aromatic heterocycles. The molecule has 0 bridgehead atoms. The Morgan fingerprint density at radius 1 is 1.22 bits per heavy atom. The van der Waals surface area contributed by atoms with Crippen LogP contribution in [0.25, 0.3) is 0 Å². The highest BCUT2D eigenvalue weighted by Crippen LogP contribution is 2.31. The summed E-state index contributed by atoms with van der Waals surface area (Å²) in [6, 6.07) is 0. The largest absolute Gasteiger partial charge is 0.464 e. The second-order valence-corrected chi connectivity index (χ2v) is 4.75. The zero-order chi connectivity index (χ0) is 13.4. The fourth-order valence-electron chi connectivity index (χ4n) is 2.26. The van der Waals surface area contributed by atoms with E-state index >= 15 is 0 Å². The lowest BCUT2D eigenvalue weighted by Gasteiger charge is -2.27. The van der Waals surface area contributed by atoms with E-state index in [9.17, 15) is 9.59 Å². The quantitative estimate of drug-likeness (QED) is 0.586. The summed E-state index contributed by atoms with van der Waals surface area (Å²) in [5, 5.41) is 2.65. The Balaban J connectivity index is 2.49. The van der Waals surface area contributed by atoms with Gasteiger partial charge < -0.3 is 14.8 Å². The van der Waals surface area contributed by atoms with Crippen LogP contribution in [0.5, 0.6) is 0 Å². The Morgan fingerprint density at radius 3 is 2.44 bits per heavy atom. The number of alkyl carbamates (subject to hydrolysis) is 1. The normalized spacial score (nSPS) is 17.2. The van der Waals surface area contributed by atoms with Crippen LogP contribution in [0.3, 0.4) is 0 Å². The van der Waals surface area contributed by atoms with Crippen LogP contribution in [0.1, 0.15) is 51.9 Å². The van der Waals surface area contributed by atoms with Gasteiger partial charge in [0, 0.05) is 0 Å². The fraction of sp³-hybridized carbons (Fsp3) is 0.846. The summed E-state index contributed by atoms with van der Waals surface area (Å²) in [6.45, 7) is 2.52. The van der Waals surface area contributed by atoms with Gasteiger partial charge in [-0.15, -0.1) is 0 Å². The van der Waals surface area contributed by atoms with E-state index in [0.717, 1.165) is 32.1 Å². The van der Waals surface area contributed by atoms with Gasteiger partial charge in [-0.05, 0) is 19.3 Å². The molecule has 1 aliphatic carbocycles. The molecule has 1 fully saturated rings. The molecule has 0 spiro atoms. The maximum atomic E-state index is 12.1. The van der Waals surface area contributed by atoms with Gasteiger partial charge in [0.05, 0.1) is 13.7 Å². The van der Waals surface area contributed by atoms with Gasteiger partial charge in [-0.25, -0.2) is 9.59 Å². The highest BCUT2D eigenvalue weighted by atomic mass is 16.5. The first-order valence-corrected chi connectivity index (χ1v) is 6.68. The highest BCUT2D eigenvalue weighted by molar-refractivity contribution is 5.86. The predicted molar refractivity (Wildman–Crippen MR) is 67.2 cm³/mol. The number of unbranched alkanes of at least 4 members (excludes halogenated alkanes) is 2. The summed E-state index contributed by atoms with van der Waals surface area (Å²) in [4.78, 5) is 23.4. The SMILES string of the molecule is CCCCCOC(=O)C1(NC(=O)OC)CCCC1. The van der Waals surface area contributed by atoms with Crippen molar-refractivity contribution in [2.24, 2.45) is 0 Å². The van der Waals surface area contributed by atoms with Gasteiger partial charge in [0.1, 0.15) is 5.54 Å². The Morgan fingerprint density at radius 2 is 1.89 bits per heavy atom. The van der Waals surface area contributed by atoms with Crippen molar-refractivity contribution in [3.8, 4) is 0 Å². The third-order valence-electron chi connectivity index (χ3n) is 3.36. The van der Waals surface area contributed by atoms with Crippen LogP contribution in [0.2, 0.25) is 0 Å². The van der Waals surface area contributed by atoms with Crippen LogP contribution in [0, 0.1) is 0 Å². The number of carbonyl (C=O) groups excluding carboxylic acids is 2. The Kier molecular flexibility index (Phi) is 5.95. The van der Waals surface area contributed by atoms with E-state index in [4.69, 9.17) is 4.74 Å². The predicted octanol–water partition coefficient (Wildman–Crippen LogP) is 2.39. The molecule has 1 rings (SSSR count). The van der Waals surface area contributed by atoms with Crippen molar-refractivity contribution < 1.29 is 19.1 Å². The molecule has 0 radical (unpaired) electrons. The number of carbonyl (C=O) groups is 2. The average molecular weight is 257 g/mol. The summed E-state index contributed by atoms with van der Waals surface area (Å²) in [5.74, 6) is -0.318. The van der Waals surface area contributed by atoms with Crippen molar-refractivity contribution in [2.45, 2.75) is 57.4 Å². The maximum Gasteiger partial charge on any atom is 0.407 e. The first-order chi connectivity index (χ1) is 8.64. The van der Waals surface area contributed by atoms with Crippen molar-refractivity contribution in [1.82, 2.24) is 5.32 Å². The number of esters is 1. The van der Waals surface area contributed by atoms with Gasteiger partial charge in [0.2, 0.25) is 0 Å². The number of hydrogen-bond acceptors (Lipinski definition) is 4. The molecular weight excluding hydrogens is 234 g/mol. The minimum absolute atomic E-state index is 0.318. The molecule has 0 aromatic rings. The van der Waals surface area contributed by atoms with Gasteiger partial charge in [-0.2, -0.15) is 0 Å². The van der Waals surface area contributed by atoms with E-state index in [-0.39, 0.29) is 5.97 Å². The van der Waals surface area contributed by atoms with Gasteiger partial charge >= 0.3 is 12.1 Å². The van der Waals surface area contributed by atoms with Crippen molar-refractivity contribution in [3.63, 3.8) is 0 Å². The molecule has 0 aromatic carbocycles. The Labute approximate surface area is 108 Å². The second-order valence-electron chi connectivity index (χ2n) is 4.75. The van der Waals surface area contributed by atoms with Gasteiger partial charge in [-0.3, -0.25) is 0 Å². The lowest BCUT2D eigenvalue weighted by molar-refractivity contribution is -0.151. The van der Waals surface area contributed by atoms with Gasteiger partial charge in [0.15, 0.2) is 0 Å². The number of hydrogen-bond donors (Lipinski definition) is 1. The summed E-state index contributed by atoms with van der Waals surface area (Å²) in [7, 11) is 1.30. The van der Waals surface area contributed by atoms with E-state index in [1.807, 2.05) is 0 Å². The number of amides is 1. The number of rotatable bonds is 6. The third-order valence-corrected chi connectivity index (χ3v) is 3.36. The molecule has 5 nitrogen and oxygen atoms in total.